The zero-order valence-electron chi connectivity index (χ0n) is 12.1. The highest BCUT2D eigenvalue weighted by molar-refractivity contribution is 7.89. The van der Waals surface area contributed by atoms with Crippen LogP contribution in [0.1, 0.15) is 5.69 Å². The molecule has 1 heterocycles. The van der Waals surface area contributed by atoms with Crippen LogP contribution in [0.3, 0.4) is 0 Å². The average Bonchev–Trinajstić information content (AvgIpc) is 2.91. The Kier molecular flexibility index (Phi) is 4.50. The van der Waals surface area contributed by atoms with Gasteiger partial charge in [0, 0.05) is 26.5 Å². The van der Waals surface area contributed by atoms with Gasteiger partial charge in [0.2, 0.25) is 10.0 Å². The van der Waals surface area contributed by atoms with Gasteiger partial charge in [-0.3, -0.25) is 0 Å². The summed E-state index contributed by atoms with van der Waals surface area (Å²) in [5, 5.41) is 1.95. The van der Waals surface area contributed by atoms with E-state index in [2.05, 4.69) is 4.98 Å². The van der Waals surface area contributed by atoms with Gasteiger partial charge in [0.15, 0.2) is 0 Å². The average molecular weight is 326 g/mol. The van der Waals surface area contributed by atoms with Gasteiger partial charge in [-0.15, -0.1) is 11.3 Å². The fourth-order valence-electron chi connectivity index (χ4n) is 1.93. The third-order valence-electron chi connectivity index (χ3n) is 3.10. The highest BCUT2D eigenvalue weighted by Crippen LogP contribution is 2.31. The second-order valence-electron chi connectivity index (χ2n) is 4.81. The molecule has 0 saturated heterocycles. The van der Waals surface area contributed by atoms with Crippen LogP contribution in [0.5, 0.6) is 0 Å². The number of nitrogens with zero attached hydrogens (tertiary/aromatic N) is 3. The van der Waals surface area contributed by atoms with Crippen molar-refractivity contribution >= 4 is 32.7 Å². The van der Waals surface area contributed by atoms with Gasteiger partial charge in [-0.1, -0.05) is 6.07 Å². The van der Waals surface area contributed by atoms with Gasteiger partial charge < -0.3 is 10.6 Å². The van der Waals surface area contributed by atoms with Crippen molar-refractivity contribution in [2.45, 2.75) is 11.4 Å². The zero-order valence-corrected chi connectivity index (χ0v) is 13.8. The number of benzene rings is 1. The molecule has 0 aliphatic rings. The summed E-state index contributed by atoms with van der Waals surface area (Å²) in [5.74, 6) is 0. The molecule has 21 heavy (non-hydrogen) atoms. The molecule has 6 nitrogen and oxygen atoms in total. The van der Waals surface area contributed by atoms with Crippen LogP contribution >= 0.6 is 11.3 Å². The lowest BCUT2D eigenvalue weighted by Gasteiger charge is -2.22. The number of nitrogen functional groups attached to an aromatic ring is 1. The maximum atomic E-state index is 12.3. The van der Waals surface area contributed by atoms with Crippen molar-refractivity contribution in [1.29, 1.82) is 0 Å². The molecule has 8 heteroatoms. The van der Waals surface area contributed by atoms with E-state index in [1.165, 1.54) is 31.5 Å². The van der Waals surface area contributed by atoms with Gasteiger partial charge in [-0.05, 0) is 12.1 Å². The lowest BCUT2D eigenvalue weighted by Crippen LogP contribution is -2.25. The highest BCUT2D eigenvalue weighted by atomic mass is 32.2. The molecule has 0 aliphatic carbocycles. The number of anilines is 2. The van der Waals surface area contributed by atoms with Gasteiger partial charge in [-0.25, -0.2) is 17.7 Å². The highest BCUT2D eigenvalue weighted by Gasteiger charge is 2.22. The third kappa shape index (κ3) is 3.17. The van der Waals surface area contributed by atoms with Crippen LogP contribution in [0.4, 0.5) is 11.4 Å². The van der Waals surface area contributed by atoms with E-state index in [0.29, 0.717) is 12.2 Å². The molecule has 0 radical (unpaired) electrons. The molecule has 0 amide bonds. The first-order valence-corrected chi connectivity index (χ1v) is 8.61. The van der Waals surface area contributed by atoms with E-state index in [4.69, 9.17) is 5.73 Å². The summed E-state index contributed by atoms with van der Waals surface area (Å²) in [7, 11) is 1.27. The first-order valence-electron chi connectivity index (χ1n) is 6.23. The van der Waals surface area contributed by atoms with Gasteiger partial charge in [-0.2, -0.15) is 0 Å². The minimum atomic E-state index is -3.56. The molecule has 2 aromatic rings. The first kappa shape index (κ1) is 15.7. The van der Waals surface area contributed by atoms with Crippen LogP contribution in [0.15, 0.2) is 34.0 Å². The molecule has 0 saturated carbocycles. The second-order valence-corrected chi connectivity index (χ2v) is 7.65. The fraction of sp³-hybridized carbons (Fsp3) is 0.308. The number of hydrogen-bond donors (Lipinski definition) is 1. The standard InChI is InChI=1S/C13H18N4O2S2/c1-16(2)21(18,19)12-6-4-5-11(13(12)14)17(3)7-10-8-20-9-15-10/h4-6,8-9H,7,14H2,1-3H3. The normalized spacial score (nSPS) is 11.8. The number of thiazole rings is 1. The summed E-state index contributed by atoms with van der Waals surface area (Å²) in [6.07, 6.45) is 0. The molecule has 2 rings (SSSR count). The summed E-state index contributed by atoms with van der Waals surface area (Å²) in [6, 6.07) is 5.01. The first-order chi connectivity index (χ1) is 9.84. The van der Waals surface area contributed by atoms with Crippen LogP contribution in [0.25, 0.3) is 0 Å². The number of hydrogen-bond acceptors (Lipinski definition) is 6. The Bertz CT molecular complexity index is 712. The molecule has 1 aromatic heterocycles. The maximum absolute atomic E-state index is 12.3. The van der Waals surface area contributed by atoms with E-state index < -0.39 is 10.0 Å². The second kappa shape index (κ2) is 6.00. The molecule has 1 aromatic carbocycles. The number of sulfonamides is 1. The third-order valence-corrected chi connectivity index (χ3v) is 5.60. The van der Waals surface area contributed by atoms with Crippen LogP contribution in [-0.4, -0.2) is 38.9 Å². The zero-order chi connectivity index (χ0) is 15.6. The van der Waals surface area contributed by atoms with Crippen LogP contribution < -0.4 is 10.6 Å². The van der Waals surface area contributed by atoms with E-state index in [-0.39, 0.29) is 10.6 Å². The Morgan fingerprint density at radius 1 is 1.29 bits per heavy atom. The van der Waals surface area contributed by atoms with E-state index in [0.717, 1.165) is 10.00 Å². The monoisotopic (exact) mass is 326 g/mol. The summed E-state index contributed by atoms with van der Waals surface area (Å²) in [6.45, 7) is 0.569. The lowest BCUT2D eigenvalue weighted by atomic mass is 10.2. The van der Waals surface area contributed by atoms with Gasteiger partial charge >= 0.3 is 0 Å². The molecule has 0 bridgehead atoms. The smallest absolute Gasteiger partial charge is 0.244 e. The Hall–Kier alpha value is -1.64. The topological polar surface area (TPSA) is 79.5 Å². The van der Waals surface area contributed by atoms with Crippen LogP contribution in [-0.2, 0) is 16.6 Å². The van der Waals surface area contributed by atoms with E-state index >= 15 is 0 Å². The Morgan fingerprint density at radius 3 is 2.57 bits per heavy atom. The predicted molar refractivity (Wildman–Crippen MR) is 85.9 cm³/mol. The van der Waals surface area contributed by atoms with Crippen LogP contribution in [0, 0.1) is 0 Å². The molecular weight excluding hydrogens is 308 g/mol. The van der Waals surface area contributed by atoms with Crippen LogP contribution in [0.2, 0.25) is 0 Å². The summed E-state index contributed by atoms with van der Waals surface area (Å²) < 4.78 is 25.7. The van der Waals surface area contributed by atoms with Crippen molar-refractivity contribution in [3.63, 3.8) is 0 Å². The van der Waals surface area contributed by atoms with Crippen molar-refractivity contribution in [1.82, 2.24) is 9.29 Å². The van der Waals surface area contributed by atoms with E-state index in [1.54, 1.807) is 17.6 Å². The van der Waals surface area contributed by atoms with Crippen molar-refractivity contribution in [2.75, 3.05) is 31.8 Å². The molecule has 0 aliphatic heterocycles. The van der Waals surface area contributed by atoms with Crippen molar-refractivity contribution < 1.29 is 8.42 Å². The van der Waals surface area contributed by atoms with Gasteiger partial charge in [0.05, 0.1) is 29.1 Å². The maximum Gasteiger partial charge on any atom is 0.244 e. The van der Waals surface area contributed by atoms with Gasteiger partial charge in [0.25, 0.3) is 0 Å². The molecule has 0 unspecified atom stereocenters. The van der Waals surface area contributed by atoms with Gasteiger partial charge in [0.1, 0.15) is 4.90 Å². The Balaban J connectivity index is 2.38. The number of aromatic nitrogens is 1. The molecule has 0 spiro atoms. The summed E-state index contributed by atoms with van der Waals surface area (Å²) >= 11 is 1.52. The SMILES string of the molecule is CN(Cc1cscn1)c1cccc(S(=O)(=O)N(C)C)c1N. The molecule has 2 N–H and O–H groups in total. The van der Waals surface area contributed by atoms with Crippen molar-refractivity contribution in [3.8, 4) is 0 Å². The molecular formula is C13H18N4O2S2. The molecule has 114 valence electrons. The number of para-hydroxylation sites is 1. The molecule has 0 fully saturated rings. The van der Waals surface area contributed by atoms with Crippen molar-refractivity contribution in [2.24, 2.45) is 0 Å². The molecule has 0 atom stereocenters. The van der Waals surface area contributed by atoms with E-state index in [9.17, 15) is 8.42 Å². The Morgan fingerprint density at radius 2 is 2.00 bits per heavy atom. The minimum Gasteiger partial charge on any atom is -0.396 e. The quantitative estimate of drug-likeness (QED) is 0.845. The number of rotatable bonds is 5. The Labute approximate surface area is 128 Å². The van der Waals surface area contributed by atoms with E-state index in [1.807, 2.05) is 17.3 Å². The summed E-state index contributed by atoms with van der Waals surface area (Å²) in [4.78, 5) is 6.23. The van der Waals surface area contributed by atoms with Crippen molar-refractivity contribution in [3.05, 3.63) is 34.8 Å². The largest absolute Gasteiger partial charge is 0.396 e. The fourth-order valence-corrected chi connectivity index (χ4v) is 3.51. The number of nitrogens with two attached hydrogens (primary N) is 1. The predicted octanol–water partition coefficient (Wildman–Crippen LogP) is 1.61. The summed E-state index contributed by atoms with van der Waals surface area (Å²) in [5.41, 5.74) is 9.68. The lowest BCUT2D eigenvalue weighted by molar-refractivity contribution is 0.521. The minimum absolute atomic E-state index is 0.120.